The van der Waals surface area contributed by atoms with Crippen molar-refractivity contribution in [3.8, 4) is 11.3 Å². The summed E-state index contributed by atoms with van der Waals surface area (Å²) in [4.78, 5) is 4.62. The number of nitrogens with zero attached hydrogens (tertiary/aromatic N) is 1. The molecule has 1 heterocycles. The van der Waals surface area contributed by atoms with Gasteiger partial charge in [0.1, 0.15) is 0 Å². The summed E-state index contributed by atoms with van der Waals surface area (Å²) >= 11 is -2.32. The molecule has 0 bridgehead atoms. The second-order valence-electron chi connectivity index (χ2n) is 8.20. The quantitative estimate of drug-likeness (QED) is 0.660. The number of rotatable bonds is 3. The molecular weight excluding hydrogens is 346 g/mol. The van der Waals surface area contributed by atoms with Crippen molar-refractivity contribution in [1.29, 1.82) is 0 Å². The topological polar surface area (TPSA) is 12.9 Å². The summed E-state index contributed by atoms with van der Waals surface area (Å²) in [7, 11) is 0. The van der Waals surface area contributed by atoms with E-state index in [0.717, 1.165) is 21.1 Å². The van der Waals surface area contributed by atoms with Crippen molar-refractivity contribution in [3.05, 3.63) is 47.4 Å². The average Bonchev–Trinajstić information content (AvgIpc) is 2.44. The van der Waals surface area contributed by atoms with Crippen LogP contribution in [0.4, 0.5) is 4.39 Å². The zero-order valence-electron chi connectivity index (χ0n) is 17.2. The van der Waals surface area contributed by atoms with E-state index in [1.54, 1.807) is 6.07 Å². The molecule has 0 amide bonds. The maximum absolute atomic E-state index is 13.4. The summed E-state index contributed by atoms with van der Waals surface area (Å²) in [5, 5.41) is 0. The van der Waals surface area contributed by atoms with Crippen molar-refractivity contribution in [2.75, 3.05) is 0 Å². The molecular formula is C20H28FGeN. The van der Waals surface area contributed by atoms with Gasteiger partial charge in [0.25, 0.3) is 0 Å². The van der Waals surface area contributed by atoms with Gasteiger partial charge in [0.15, 0.2) is 0 Å². The first kappa shape index (κ1) is 15.4. The summed E-state index contributed by atoms with van der Waals surface area (Å²) in [6, 6.07) is 6.53. The summed E-state index contributed by atoms with van der Waals surface area (Å²) in [5.74, 6) is 6.49. The Hall–Kier alpha value is -1.16. The van der Waals surface area contributed by atoms with Crippen LogP contribution in [0.1, 0.15) is 34.6 Å². The Morgan fingerprint density at radius 2 is 1.83 bits per heavy atom. The first-order chi connectivity index (χ1) is 11.2. The number of aryl methyl sites for hydroxylation is 1. The molecule has 1 aromatic heterocycles. The predicted molar refractivity (Wildman–Crippen MR) is 101 cm³/mol. The van der Waals surface area contributed by atoms with Gasteiger partial charge in [0.05, 0.1) is 0 Å². The molecule has 0 aliphatic rings. The molecule has 2 aromatic rings. The second-order valence-corrected chi connectivity index (χ2v) is 18.8. The number of hydrogen-bond donors (Lipinski definition) is 0. The van der Waals surface area contributed by atoms with E-state index in [4.69, 9.17) is 2.74 Å². The first-order valence-electron chi connectivity index (χ1n) is 9.02. The third kappa shape index (κ3) is 4.66. The number of hydrogen-bond acceptors (Lipinski definition) is 1. The van der Waals surface area contributed by atoms with Crippen LogP contribution in [0.5, 0.6) is 0 Å². The molecule has 2 rings (SSSR count). The van der Waals surface area contributed by atoms with Gasteiger partial charge in [-0.25, -0.2) is 0 Å². The fourth-order valence-electron chi connectivity index (χ4n) is 2.62. The monoisotopic (exact) mass is 377 g/mol. The van der Waals surface area contributed by atoms with Gasteiger partial charge in [-0.3, -0.25) is 0 Å². The van der Waals surface area contributed by atoms with Gasteiger partial charge in [-0.15, -0.1) is 0 Å². The van der Waals surface area contributed by atoms with E-state index in [0.29, 0.717) is 5.69 Å². The molecule has 0 fully saturated rings. The van der Waals surface area contributed by atoms with Crippen LogP contribution in [0.15, 0.2) is 30.5 Å². The first-order valence-corrected chi connectivity index (χ1v) is 15.4. The van der Waals surface area contributed by atoms with Crippen molar-refractivity contribution in [2.45, 2.75) is 51.3 Å². The van der Waals surface area contributed by atoms with Crippen molar-refractivity contribution in [2.24, 2.45) is 5.41 Å². The fourth-order valence-corrected chi connectivity index (χ4v) is 5.55. The molecule has 0 aliphatic heterocycles. The van der Waals surface area contributed by atoms with Crippen LogP contribution < -0.4 is 4.40 Å². The molecule has 0 radical (unpaired) electrons. The van der Waals surface area contributed by atoms with Crippen molar-refractivity contribution < 1.29 is 7.13 Å². The van der Waals surface area contributed by atoms with Gasteiger partial charge in [0.2, 0.25) is 0 Å². The van der Waals surface area contributed by atoms with Crippen LogP contribution in [-0.2, 0) is 6.37 Å². The van der Waals surface area contributed by atoms with Gasteiger partial charge in [0, 0.05) is 0 Å². The molecule has 23 heavy (non-hydrogen) atoms. The molecule has 0 saturated carbocycles. The van der Waals surface area contributed by atoms with E-state index >= 15 is 0 Å². The Labute approximate surface area is 145 Å². The van der Waals surface area contributed by atoms with Crippen LogP contribution >= 0.6 is 0 Å². The van der Waals surface area contributed by atoms with E-state index in [1.165, 1.54) is 12.1 Å². The molecule has 0 aliphatic carbocycles. The SMILES string of the molecule is [2H]C([2H])(c1cc(-c2ccc(F)cc2C)nc[c]1[Ge]([CH3])([CH3])[CH3])C(C)(C)C. The predicted octanol–water partition coefficient (Wildman–Crippen LogP) is 5.33. The van der Waals surface area contributed by atoms with Crippen molar-refractivity contribution in [3.63, 3.8) is 0 Å². The Morgan fingerprint density at radius 3 is 2.35 bits per heavy atom. The van der Waals surface area contributed by atoms with E-state index in [9.17, 15) is 4.39 Å². The van der Waals surface area contributed by atoms with Gasteiger partial charge >= 0.3 is 145 Å². The third-order valence-corrected chi connectivity index (χ3v) is 7.91. The molecule has 1 aromatic carbocycles. The van der Waals surface area contributed by atoms with E-state index < -0.39 is 25.1 Å². The summed E-state index contributed by atoms with van der Waals surface area (Å²) in [6.07, 6.45) is 0.378. The Morgan fingerprint density at radius 1 is 1.17 bits per heavy atom. The molecule has 0 N–H and O–H groups in total. The van der Waals surface area contributed by atoms with E-state index in [2.05, 4.69) is 22.3 Å². The molecule has 0 unspecified atom stereocenters. The van der Waals surface area contributed by atoms with E-state index in [1.807, 2.05) is 40.0 Å². The van der Waals surface area contributed by atoms with Crippen LogP contribution in [0.25, 0.3) is 11.3 Å². The van der Waals surface area contributed by atoms with Gasteiger partial charge in [-0.1, -0.05) is 0 Å². The summed E-state index contributed by atoms with van der Waals surface area (Å²) < 4.78 is 32.1. The van der Waals surface area contributed by atoms with E-state index in [-0.39, 0.29) is 5.82 Å². The van der Waals surface area contributed by atoms with Gasteiger partial charge < -0.3 is 0 Å². The zero-order chi connectivity index (χ0) is 19.2. The van der Waals surface area contributed by atoms with Gasteiger partial charge in [-0.2, -0.15) is 0 Å². The molecule has 1 nitrogen and oxygen atoms in total. The van der Waals surface area contributed by atoms with Gasteiger partial charge in [-0.05, 0) is 0 Å². The second kappa shape index (κ2) is 6.39. The number of aromatic nitrogens is 1. The Kier molecular flexibility index (Phi) is 4.27. The summed E-state index contributed by atoms with van der Waals surface area (Å²) in [6.45, 7) is 7.63. The molecule has 0 spiro atoms. The minimum atomic E-state index is -2.32. The minimum absolute atomic E-state index is 0.271. The maximum atomic E-state index is 13.4. The summed E-state index contributed by atoms with van der Waals surface area (Å²) in [5.41, 5.74) is 2.56. The Balaban J connectivity index is 2.75. The van der Waals surface area contributed by atoms with Crippen LogP contribution in [0.3, 0.4) is 0 Å². The number of benzene rings is 1. The zero-order valence-corrected chi connectivity index (χ0v) is 17.3. The Bertz CT molecular complexity index is 789. The molecule has 0 atom stereocenters. The van der Waals surface area contributed by atoms with Crippen molar-refractivity contribution in [1.82, 2.24) is 4.98 Å². The third-order valence-electron chi connectivity index (χ3n) is 3.69. The standard InChI is InChI=1S/C20H28FGeN/c1-14-10-16(21)8-9-17(14)19-11-15(12-20(2,3)4)18(13-23-19)22(5,6)7/h8-11,13H,12H2,1-7H3/i12D2. The molecule has 124 valence electrons. The average molecular weight is 376 g/mol. The van der Waals surface area contributed by atoms with Crippen LogP contribution in [0, 0.1) is 18.2 Å². The van der Waals surface area contributed by atoms with Crippen LogP contribution in [0.2, 0.25) is 17.3 Å². The fraction of sp³-hybridized carbons (Fsp3) is 0.450. The van der Waals surface area contributed by atoms with Crippen LogP contribution in [-0.4, -0.2) is 18.3 Å². The molecule has 3 heteroatoms. The number of pyridine rings is 1. The number of halogens is 1. The normalized spacial score (nSPS) is 14.4. The van der Waals surface area contributed by atoms with Crippen molar-refractivity contribution >= 4 is 17.7 Å². The molecule has 0 saturated heterocycles.